The number of carbonyl (C=O) groups excluding carboxylic acids is 1. The molecular weight excluding hydrogens is 270 g/mol. The highest BCUT2D eigenvalue weighted by Gasteiger charge is 2.18. The molecule has 1 rings (SSSR count). The van der Waals surface area contributed by atoms with Crippen molar-refractivity contribution < 1.29 is 19.0 Å². The van der Waals surface area contributed by atoms with Gasteiger partial charge in [-0.25, -0.2) is 0 Å². The minimum Gasteiger partial charge on any atom is -0.496 e. The van der Waals surface area contributed by atoms with E-state index in [0.29, 0.717) is 31.1 Å². The number of Topliss-reactive ketones (excluding diaryl/α,β-unsaturated/α-hetero) is 1. The van der Waals surface area contributed by atoms with Gasteiger partial charge in [0.1, 0.15) is 5.75 Å². The van der Waals surface area contributed by atoms with Gasteiger partial charge in [-0.05, 0) is 25.5 Å². The summed E-state index contributed by atoms with van der Waals surface area (Å²) in [4.78, 5) is 14.1. The van der Waals surface area contributed by atoms with Crippen LogP contribution in [0, 0.1) is 0 Å². The minimum atomic E-state index is -0.00314. The lowest BCUT2D eigenvalue weighted by atomic mass is 10.1. The molecule has 0 spiro atoms. The quantitative estimate of drug-likeness (QED) is 0.490. The molecule has 1 aromatic rings. The van der Waals surface area contributed by atoms with Crippen LogP contribution in [0.2, 0.25) is 0 Å². The molecule has 21 heavy (non-hydrogen) atoms. The summed E-state index contributed by atoms with van der Waals surface area (Å²) in [6, 6.07) is 5.66. The van der Waals surface area contributed by atoms with Gasteiger partial charge in [-0.1, -0.05) is 6.07 Å². The summed E-state index contributed by atoms with van der Waals surface area (Å²) in [5.74, 6) is 0.603. The van der Waals surface area contributed by atoms with Crippen molar-refractivity contribution in [2.24, 2.45) is 0 Å². The second-order valence-electron chi connectivity index (χ2n) is 4.74. The molecule has 0 N–H and O–H groups in total. The third-order valence-electron chi connectivity index (χ3n) is 3.26. The summed E-state index contributed by atoms with van der Waals surface area (Å²) in [5, 5.41) is 0. The van der Waals surface area contributed by atoms with Crippen molar-refractivity contribution in [1.29, 1.82) is 0 Å². The van der Waals surface area contributed by atoms with Crippen molar-refractivity contribution in [3.63, 3.8) is 0 Å². The van der Waals surface area contributed by atoms with E-state index in [1.807, 2.05) is 18.2 Å². The number of benzene rings is 1. The number of carbonyl (C=O) groups is 1. The van der Waals surface area contributed by atoms with Gasteiger partial charge in [-0.15, -0.1) is 0 Å². The number of hydrogen-bond donors (Lipinski definition) is 0. The number of anilines is 1. The van der Waals surface area contributed by atoms with E-state index in [-0.39, 0.29) is 5.78 Å². The average molecular weight is 295 g/mol. The molecule has 0 aliphatic carbocycles. The van der Waals surface area contributed by atoms with Crippen LogP contribution in [0.4, 0.5) is 5.69 Å². The molecule has 0 saturated carbocycles. The molecular formula is C16H25NO4. The molecule has 0 bridgehead atoms. The molecule has 118 valence electrons. The van der Waals surface area contributed by atoms with Crippen molar-refractivity contribution in [2.45, 2.75) is 13.3 Å². The van der Waals surface area contributed by atoms with Crippen LogP contribution < -0.4 is 9.64 Å². The standard InChI is InChI=1S/C16H25NO4/c1-13(18)16-14(7-5-8-15(16)21-4)17(10-12-20-3)9-6-11-19-2/h5,7-8H,6,9-12H2,1-4H3. The van der Waals surface area contributed by atoms with Crippen LogP contribution in [-0.4, -0.2) is 53.4 Å². The molecule has 0 heterocycles. The Bertz CT molecular complexity index is 448. The first-order valence-electron chi connectivity index (χ1n) is 7.06. The van der Waals surface area contributed by atoms with Crippen LogP contribution in [0.25, 0.3) is 0 Å². The first-order chi connectivity index (χ1) is 10.2. The zero-order chi connectivity index (χ0) is 15.7. The van der Waals surface area contributed by atoms with Crippen molar-refractivity contribution in [3.05, 3.63) is 23.8 Å². The number of hydrogen-bond acceptors (Lipinski definition) is 5. The Balaban J connectivity index is 3.06. The van der Waals surface area contributed by atoms with Gasteiger partial charge in [0, 0.05) is 33.9 Å². The summed E-state index contributed by atoms with van der Waals surface area (Å²) in [5.41, 5.74) is 1.50. The third kappa shape index (κ3) is 5.02. The highest BCUT2D eigenvalue weighted by atomic mass is 16.5. The fraction of sp³-hybridized carbons (Fsp3) is 0.562. The molecule has 0 aliphatic heterocycles. The maximum atomic E-state index is 12.0. The fourth-order valence-corrected chi connectivity index (χ4v) is 2.26. The van der Waals surface area contributed by atoms with E-state index in [1.165, 1.54) is 0 Å². The summed E-state index contributed by atoms with van der Waals surface area (Å²) < 4.78 is 15.6. The van der Waals surface area contributed by atoms with Gasteiger partial charge in [-0.3, -0.25) is 4.79 Å². The van der Waals surface area contributed by atoms with Crippen molar-refractivity contribution in [2.75, 3.05) is 52.5 Å². The summed E-state index contributed by atoms with van der Waals surface area (Å²) in [6.45, 7) is 4.35. The molecule has 1 aromatic carbocycles. The maximum Gasteiger partial charge on any atom is 0.165 e. The fourth-order valence-electron chi connectivity index (χ4n) is 2.26. The molecule has 5 heteroatoms. The van der Waals surface area contributed by atoms with Crippen LogP contribution in [0.3, 0.4) is 0 Å². The monoisotopic (exact) mass is 295 g/mol. The predicted octanol–water partition coefficient (Wildman–Crippen LogP) is 2.39. The van der Waals surface area contributed by atoms with E-state index >= 15 is 0 Å². The first kappa shape index (κ1) is 17.5. The molecule has 0 radical (unpaired) electrons. The predicted molar refractivity (Wildman–Crippen MR) is 83.6 cm³/mol. The number of rotatable bonds is 10. The molecule has 0 atom stereocenters. The van der Waals surface area contributed by atoms with Gasteiger partial charge in [0.25, 0.3) is 0 Å². The van der Waals surface area contributed by atoms with Crippen LogP contribution >= 0.6 is 0 Å². The Morgan fingerprint density at radius 3 is 2.38 bits per heavy atom. The molecule has 0 amide bonds. The Morgan fingerprint density at radius 1 is 1.10 bits per heavy atom. The van der Waals surface area contributed by atoms with Crippen molar-refractivity contribution >= 4 is 11.5 Å². The highest BCUT2D eigenvalue weighted by Crippen LogP contribution is 2.30. The molecule has 0 aliphatic rings. The SMILES string of the molecule is COCCCN(CCOC)c1cccc(OC)c1C(C)=O. The Hall–Kier alpha value is -1.59. The Labute approximate surface area is 126 Å². The van der Waals surface area contributed by atoms with Crippen LogP contribution in [0.15, 0.2) is 18.2 Å². The number of ether oxygens (including phenoxy) is 3. The van der Waals surface area contributed by atoms with Crippen molar-refractivity contribution in [3.8, 4) is 5.75 Å². The molecule has 0 saturated heterocycles. The van der Waals surface area contributed by atoms with Crippen LogP contribution in [0.5, 0.6) is 5.75 Å². The zero-order valence-electron chi connectivity index (χ0n) is 13.3. The maximum absolute atomic E-state index is 12.0. The summed E-state index contributed by atoms with van der Waals surface area (Å²) >= 11 is 0. The van der Waals surface area contributed by atoms with Gasteiger partial charge in [0.15, 0.2) is 5.78 Å². The zero-order valence-corrected chi connectivity index (χ0v) is 13.3. The van der Waals surface area contributed by atoms with E-state index < -0.39 is 0 Å². The minimum absolute atomic E-state index is 0.00314. The van der Waals surface area contributed by atoms with Gasteiger partial charge < -0.3 is 19.1 Å². The van der Waals surface area contributed by atoms with E-state index in [4.69, 9.17) is 14.2 Å². The van der Waals surface area contributed by atoms with Gasteiger partial charge in [0.2, 0.25) is 0 Å². The van der Waals surface area contributed by atoms with Crippen molar-refractivity contribution in [1.82, 2.24) is 0 Å². The second kappa shape index (κ2) is 9.37. The van der Waals surface area contributed by atoms with Gasteiger partial charge in [-0.2, -0.15) is 0 Å². The molecule has 0 unspecified atom stereocenters. The van der Waals surface area contributed by atoms with Crippen LogP contribution in [-0.2, 0) is 9.47 Å². The van der Waals surface area contributed by atoms with E-state index in [0.717, 1.165) is 18.7 Å². The number of methoxy groups -OCH3 is 3. The Kier molecular flexibility index (Phi) is 7.79. The van der Waals surface area contributed by atoms with Gasteiger partial charge in [0.05, 0.1) is 25.0 Å². The number of ketones is 1. The smallest absolute Gasteiger partial charge is 0.165 e. The third-order valence-corrected chi connectivity index (χ3v) is 3.26. The second-order valence-corrected chi connectivity index (χ2v) is 4.74. The summed E-state index contributed by atoms with van der Waals surface area (Å²) in [7, 11) is 4.94. The van der Waals surface area contributed by atoms with E-state index in [2.05, 4.69) is 4.90 Å². The molecule has 0 aromatic heterocycles. The Morgan fingerprint density at radius 2 is 1.81 bits per heavy atom. The highest BCUT2D eigenvalue weighted by molar-refractivity contribution is 6.02. The topological polar surface area (TPSA) is 48.0 Å². The van der Waals surface area contributed by atoms with E-state index in [9.17, 15) is 4.79 Å². The lowest BCUT2D eigenvalue weighted by Crippen LogP contribution is -2.30. The first-order valence-corrected chi connectivity index (χ1v) is 7.06. The average Bonchev–Trinajstić information content (AvgIpc) is 2.49. The lowest BCUT2D eigenvalue weighted by molar-refractivity contribution is 0.101. The largest absolute Gasteiger partial charge is 0.496 e. The summed E-state index contributed by atoms with van der Waals surface area (Å²) in [6.07, 6.45) is 0.884. The number of nitrogens with zero attached hydrogens (tertiary/aromatic N) is 1. The normalized spacial score (nSPS) is 10.5. The lowest BCUT2D eigenvalue weighted by Gasteiger charge is -2.27. The molecule has 5 nitrogen and oxygen atoms in total. The van der Waals surface area contributed by atoms with E-state index in [1.54, 1.807) is 28.3 Å². The van der Waals surface area contributed by atoms with Crippen LogP contribution in [0.1, 0.15) is 23.7 Å². The molecule has 0 fully saturated rings. The van der Waals surface area contributed by atoms with Gasteiger partial charge >= 0.3 is 0 Å².